The highest BCUT2D eigenvalue weighted by Crippen LogP contribution is 2.21. The van der Waals surface area contributed by atoms with Crippen molar-refractivity contribution < 1.29 is 18.5 Å². The average Bonchev–Trinajstić information content (AvgIpc) is 2.67. The van der Waals surface area contributed by atoms with Crippen molar-refractivity contribution in [2.45, 2.75) is 50.5 Å². The molecule has 2 atom stereocenters. The van der Waals surface area contributed by atoms with Gasteiger partial charge in [0.15, 0.2) is 6.54 Å². The normalized spacial score (nSPS) is 24.7. The van der Waals surface area contributed by atoms with Gasteiger partial charge in [-0.2, -0.15) is 4.31 Å². The maximum Gasteiger partial charge on any atom is 0.277 e. The molecule has 1 saturated carbocycles. The van der Waals surface area contributed by atoms with Gasteiger partial charge in [0, 0.05) is 32.1 Å². The van der Waals surface area contributed by atoms with E-state index in [0.29, 0.717) is 49.6 Å². The fourth-order valence-electron chi connectivity index (χ4n) is 4.11. The number of sulfonamides is 1. The molecule has 1 saturated heterocycles. The van der Waals surface area contributed by atoms with Gasteiger partial charge in [-0.15, -0.1) is 0 Å². The van der Waals surface area contributed by atoms with Crippen LogP contribution in [0, 0.1) is 12.8 Å². The predicted octanol–water partition coefficient (Wildman–Crippen LogP) is 0.970. The van der Waals surface area contributed by atoms with E-state index in [4.69, 9.17) is 0 Å². The van der Waals surface area contributed by atoms with Gasteiger partial charge in [-0.1, -0.05) is 31.0 Å². The summed E-state index contributed by atoms with van der Waals surface area (Å²) in [5.74, 6) is 0.795. The maximum absolute atomic E-state index is 12.8. The van der Waals surface area contributed by atoms with Crippen molar-refractivity contribution in [2.75, 3.05) is 32.7 Å². The van der Waals surface area contributed by atoms with Crippen LogP contribution in [0.25, 0.3) is 0 Å². The van der Waals surface area contributed by atoms with Crippen LogP contribution < -0.4 is 5.32 Å². The summed E-state index contributed by atoms with van der Waals surface area (Å²) in [6.07, 6.45) is 5.01. The van der Waals surface area contributed by atoms with Crippen LogP contribution in [0.3, 0.4) is 0 Å². The standard InChI is InChI=1S/C20H31N3O3S/c1-16-7-9-18(10-8-16)27(25,26)23-13-11-22(12-14-23)20(24)15-21-19-6-4-3-5-17(19)2/h7-10,17,19,21H,3-6,11-15H2,1-2H3/p+1/t17-,19-/m0/s1. The Labute approximate surface area is 163 Å². The first-order valence-corrected chi connectivity index (χ1v) is 11.5. The van der Waals surface area contributed by atoms with E-state index in [1.807, 2.05) is 24.0 Å². The summed E-state index contributed by atoms with van der Waals surface area (Å²) >= 11 is 0. The second kappa shape index (κ2) is 8.71. The zero-order valence-corrected chi connectivity index (χ0v) is 17.2. The number of amides is 1. The lowest BCUT2D eigenvalue weighted by Gasteiger charge is -2.34. The third kappa shape index (κ3) is 4.89. The summed E-state index contributed by atoms with van der Waals surface area (Å²) in [7, 11) is -3.48. The number of rotatable bonds is 5. The molecular weight excluding hydrogens is 362 g/mol. The van der Waals surface area contributed by atoms with E-state index >= 15 is 0 Å². The average molecular weight is 395 g/mol. The molecule has 0 unspecified atom stereocenters. The maximum atomic E-state index is 12.8. The van der Waals surface area contributed by atoms with E-state index in [0.717, 1.165) is 5.56 Å². The van der Waals surface area contributed by atoms with Gasteiger partial charge >= 0.3 is 0 Å². The van der Waals surface area contributed by atoms with E-state index in [1.165, 1.54) is 30.0 Å². The molecule has 1 aliphatic heterocycles. The second-order valence-corrected chi connectivity index (χ2v) is 9.90. The topological polar surface area (TPSA) is 74.3 Å². The SMILES string of the molecule is Cc1ccc(S(=O)(=O)N2CCN(C(=O)C[NH2+][C@H]3CCCC[C@@H]3C)CC2)cc1. The lowest BCUT2D eigenvalue weighted by Crippen LogP contribution is -2.93. The molecule has 6 nitrogen and oxygen atoms in total. The summed E-state index contributed by atoms with van der Waals surface area (Å²) in [6, 6.07) is 7.49. The number of nitrogens with zero attached hydrogens (tertiary/aromatic N) is 2. The molecule has 1 amide bonds. The van der Waals surface area contributed by atoms with Gasteiger partial charge in [-0.05, 0) is 38.3 Å². The van der Waals surface area contributed by atoms with Crippen molar-refractivity contribution in [1.82, 2.24) is 9.21 Å². The first kappa shape index (κ1) is 20.3. The molecule has 2 aliphatic rings. The summed E-state index contributed by atoms with van der Waals surface area (Å²) < 4.78 is 27.0. The van der Waals surface area contributed by atoms with E-state index in [9.17, 15) is 13.2 Å². The number of carbonyl (C=O) groups is 1. The fraction of sp³-hybridized carbons (Fsp3) is 0.650. The van der Waals surface area contributed by atoms with Gasteiger partial charge in [0.1, 0.15) is 0 Å². The molecule has 1 aromatic carbocycles. The zero-order chi connectivity index (χ0) is 19.4. The van der Waals surface area contributed by atoms with Crippen LogP contribution in [0.1, 0.15) is 38.2 Å². The third-order valence-corrected chi connectivity index (χ3v) is 7.94. The van der Waals surface area contributed by atoms with Crippen molar-refractivity contribution in [3.63, 3.8) is 0 Å². The Morgan fingerprint density at radius 2 is 1.70 bits per heavy atom. The van der Waals surface area contributed by atoms with E-state index in [2.05, 4.69) is 12.2 Å². The molecule has 1 heterocycles. The predicted molar refractivity (Wildman–Crippen MR) is 105 cm³/mol. The minimum Gasteiger partial charge on any atom is -0.336 e. The molecule has 3 rings (SSSR count). The van der Waals surface area contributed by atoms with Crippen LogP contribution in [0.5, 0.6) is 0 Å². The summed E-state index contributed by atoms with van der Waals surface area (Å²) in [4.78, 5) is 14.7. The third-order valence-electron chi connectivity index (χ3n) is 6.02. The minimum absolute atomic E-state index is 0.125. The van der Waals surface area contributed by atoms with Crippen LogP contribution in [-0.4, -0.2) is 62.3 Å². The molecule has 0 bridgehead atoms. The number of aryl methyl sites for hydroxylation is 1. The summed E-state index contributed by atoms with van der Waals surface area (Å²) in [6.45, 7) is 6.35. The smallest absolute Gasteiger partial charge is 0.277 e. The number of benzene rings is 1. The highest BCUT2D eigenvalue weighted by molar-refractivity contribution is 7.89. The number of quaternary nitrogens is 1. The highest BCUT2D eigenvalue weighted by atomic mass is 32.2. The van der Waals surface area contributed by atoms with Crippen LogP contribution in [-0.2, 0) is 14.8 Å². The Morgan fingerprint density at radius 3 is 2.33 bits per heavy atom. The highest BCUT2D eigenvalue weighted by Gasteiger charge is 2.31. The number of hydrogen-bond donors (Lipinski definition) is 1. The first-order valence-electron chi connectivity index (χ1n) is 10.1. The largest absolute Gasteiger partial charge is 0.336 e. The Kier molecular flexibility index (Phi) is 6.55. The number of hydrogen-bond acceptors (Lipinski definition) is 3. The number of piperazine rings is 1. The van der Waals surface area contributed by atoms with Crippen LogP contribution in [0.2, 0.25) is 0 Å². The molecular formula is C20H32N3O3S+. The molecule has 27 heavy (non-hydrogen) atoms. The minimum atomic E-state index is -3.48. The second-order valence-electron chi connectivity index (χ2n) is 7.96. The first-order chi connectivity index (χ1) is 12.9. The van der Waals surface area contributed by atoms with Gasteiger partial charge < -0.3 is 10.2 Å². The molecule has 2 fully saturated rings. The van der Waals surface area contributed by atoms with E-state index in [-0.39, 0.29) is 5.91 Å². The van der Waals surface area contributed by atoms with Crippen molar-refractivity contribution >= 4 is 15.9 Å². The van der Waals surface area contributed by atoms with Gasteiger partial charge in [-0.3, -0.25) is 4.79 Å². The van der Waals surface area contributed by atoms with Crippen LogP contribution in [0.4, 0.5) is 0 Å². The van der Waals surface area contributed by atoms with E-state index < -0.39 is 10.0 Å². The summed E-state index contributed by atoms with van der Waals surface area (Å²) in [5.41, 5.74) is 1.04. The van der Waals surface area contributed by atoms with E-state index in [1.54, 1.807) is 12.1 Å². The monoisotopic (exact) mass is 394 g/mol. The molecule has 0 radical (unpaired) electrons. The van der Waals surface area contributed by atoms with Gasteiger partial charge in [-0.25, -0.2) is 8.42 Å². The molecule has 7 heteroatoms. The Hall–Kier alpha value is -1.44. The molecule has 0 spiro atoms. The quantitative estimate of drug-likeness (QED) is 0.809. The van der Waals surface area contributed by atoms with Crippen molar-refractivity contribution in [1.29, 1.82) is 0 Å². The lowest BCUT2D eigenvalue weighted by molar-refractivity contribution is -0.688. The molecule has 0 aromatic heterocycles. The van der Waals surface area contributed by atoms with Crippen LogP contribution in [0.15, 0.2) is 29.2 Å². The van der Waals surface area contributed by atoms with Gasteiger partial charge in [0.25, 0.3) is 5.91 Å². The molecule has 150 valence electrons. The van der Waals surface area contributed by atoms with Crippen molar-refractivity contribution in [3.05, 3.63) is 29.8 Å². The van der Waals surface area contributed by atoms with Crippen LogP contribution >= 0.6 is 0 Å². The number of nitrogens with two attached hydrogens (primary N) is 1. The Balaban J connectivity index is 1.50. The Bertz CT molecular complexity index is 740. The lowest BCUT2D eigenvalue weighted by atomic mass is 9.86. The number of carbonyl (C=O) groups excluding carboxylic acids is 1. The van der Waals surface area contributed by atoms with Crippen molar-refractivity contribution in [2.24, 2.45) is 5.92 Å². The molecule has 1 aromatic rings. The van der Waals surface area contributed by atoms with Gasteiger partial charge in [0.05, 0.1) is 10.9 Å². The van der Waals surface area contributed by atoms with Crippen molar-refractivity contribution in [3.8, 4) is 0 Å². The fourth-order valence-corrected chi connectivity index (χ4v) is 5.54. The van der Waals surface area contributed by atoms with Gasteiger partial charge in [0.2, 0.25) is 10.0 Å². The molecule has 2 N–H and O–H groups in total. The Morgan fingerprint density at radius 1 is 1.07 bits per heavy atom. The molecule has 1 aliphatic carbocycles. The zero-order valence-electron chi connectivity index (χ0n) is 16.4. The summed E-state index contributed by atoms with van der Waals surface area (Å²) in [5, 5.41) is 2.20.